The van der Waals surface area contributed by atoms with E-state index in [9.17, 15) is 9.90 Å². The Morgan fingerprint density at radius 3 is 2.67 bits per heavy atom. The van der Waals surface area contributed by atoms with E-state index in [1.54, 1.807) is 30.6 Å². The molecule has 5 heteroatoms. The van der Waals surface area contributed by atoms with E-state index in [1.807, 2.05) is 0 Å². The smallest absolute Gasteiger partial charge is 0.259 e. The highest BCUT2D eigenvalue weighted by Crippen LogP contribution is 2.23. The molecule has 5 nitrogen and oxygen atoms in total. The molecular formula is C13H12N2O3. The third-order valence-electron chi connectivity index (χ3n) is 2.39. The van der Waals surface area contributed by atoms with Crippen molar-refractivity contribution in [3.8, 4) is 11.5 Å². The van der Waals surface area contributed by atoms with Gasteiger partial charge in [0.25, 0.3) is 5.91 Å². The highest BCUT2D eigenvalue weighted by molar-refractivity contribution is 6.06. The quantitative estimate of drug-likeness (QED) is 0.866. The molecule has 1 heterocycles. The number of amides is 1. The minimum Gasteiger partial charge on any atom is -0.507 e. The Labute approximate surface area is 104 Å². The summed E-state index contributed by atoms with van der Waals surface area (Å²) in [4.78, 5) is 15.8. The van der Waals surface area contributed by atoms with Gasteiger partial charge in [0.15, 0.2) is 0 Å². The molecule has 0 aliphatic carbocycles. The number of benzene rings is 1. The van der Waals surface area contributed by atoms with Crippen LogP contribution in [0.1, 0.15) is 10.4 Å². The van der Waals surface area contributed by atoms with Crippen molar-refractivity contribution in [2.24, 2.45) is 0 Å². The Morgan fingerprint density at radius 2 is 2.00 bits per heavy atom. The molecule has 1 aromatic heterocycles. The fraction of sp³-hybridized carbons (Fsp3) is 0.0769. The normalized spacial score (nSPS) is 9.83. The van der Waals surface area contributed by atoms with Crippen molar-refractivity contribution in [3.05, 3.63) is 48.3 Å². The highest BCUT2D eigenvalue weighted by atomic mass is 16.5. The lowest BCUT2D eigenvalue weighted by atomic mass is 10.1. The summed E-state index contributed by atoms with van der Waals surface area (Å²) in [7, 11) is 1.50. The first-order valence-corrected chi connectivity index (χ1v) is 5.29. The van der Waals surface area contributed by atoms with E-state index < -0.39 is 5.91 Å². The van der Waals surface area contributed by atoms with Gasteiger partial charge in [-0.3, -0.25) is 9.78 Å². The van der Waals surface area contributed by atoms with Crippen LogP contribution < -0.4 is 10.1 Å². The fourth-order valence-corrected chi connectivity index (χ4v) is 1.46. The maximum absolute atomic E-state index is 12.0. The molecule has 92 valence electrons. The first-order chi connectivity index (χ1) is 8.70. The number of hydrogen-bond acceptors (Lipinski definition) is 4. The molecule has 0 fully saturated rings. The molecule has 0 saturated heterocycles. The van der Waals surface area contributed by atoms with Crippen LogP contribution >= 0.6 is 0 Å². The lowest BCUT2D eigenvalue weighted by Crippen LogP contribution is -2.12. The van der Waals surface area contributed by atoms with Crippen molar-refractivity contribution in [1.82, 2.24) is 4.98 Å². The van der Waals surface area contributed by atoms with Crippen LogP contribution in [0.25, 0.3) is 0 Å². The first-order valence-electron chi connectivity index (χ1n) is 5.29. The number of carbonyl (C=O) groups is 1. The van der Waals surface area contributed by atoms with E-state index in [1.165, 1.54) is 19.2 Å². The molecule has 2 aromatic rings. The summed E-state index contributed by atoms with van der Waals surface area (Å²) < 4.78 is 5.01. The number of aromatic nitrogens is 1. The van der Waals surface area contributed by atoms with Crippen LogP contribution in [0.3, 0.4) is 0 Å². The standard InChI is InChI=1S/C13H12N2O3/c1-18-10-2-3-12(16)11(8-10)13(17)15-9-4-6-14-7-5-9/h2-8,16H,1H3,(H,14,15,17). The number of phenols is 1. The third-order valence-corrected chi connectivity index (χ3v) is 2.39. The second-order valence-corrected chi connectivity index (χ2v) is 3.57. The number of pyridine rings is 1. The molecule has 0 bridgehead atoms. The molecule has 1 amide bonds. The van der Waals surface area contributed by atoms with E-state index in [2.05, 4.69) is 10.3 Å². The second-order valence-electron chi connectivity index (χ2n) is 3.57. The Hall–Kier alpha value is -2.56. The van der Waals surface area contributed by atoms with Crippen molar-refractivity contribution in [2.45, 2.75) is 0 Å². The predicted octanol–water partition coefficient (Wildman–Crippen LogP) is 2.05. The van der Waals surface area contributed by atoms with Crippen molar-refractivity contribution in [2.75, 3.05) is 12.4 Å². The monoisotopic (exact) mass is 244 g/mol. The summed E-state index contributed by atoms with van der Waals surface area (Å²) in [5, 5.41) is 12.3. The van der Waals surface area contributed by atoms with Gasteiger partial charge in [-0.1, -0.05) is 0 Å². The number of nitrogens with zero attached hydrogens (tertiary/aromatic N) is 1. The van der Waals surface area contributed by atoms with Crippen LogP contribution in [-0.4, -0.2) is 23.1 Å². The Bertz CT molecular complexity index is 555. The third kappa shape index (κ3) is 2.57. The van der Waals surface area contributed by atoms with E-state index in [4.69, 9.17) is 4.74 Å². The number of ether oxygens (including phenoxy) is 1. The Morgan fingerprint density at radius 1 is 1.28 bits per heavy atom. The topological polar surface area (TPSA) is 71.5 Å². The summed E-state index contributed by atoms with van der Waals surface area (Å²) in [5.74, 6) is 0.00707. The van der Waals surface area contributed by atoms with Crippen LogP contribution in [0.5, 0.6) is 11.5 Å². The average molecular weight is 244 g/mol. The number of carbonyl (C=O) groups excluding carboxylic acids is 1. The van der Waals surface area contributed by atoms with E-state index in [0.29, 0.717) is 11.4 Å². The molecule has 0 aliphatic heterocycles. The summed E-state index contributed by atoms with van der Waals surface area (Å²) in [6.45, 7) is 0. The number of anilines is 1. The molecule has 0 saturated carbocycles. The summed E-state index contributed by atoms with van der Waals surface area (Å²) in [6.07, 6.45) is 3.14. The molecule has 1 aromatic carbocycles. The average Bonchev–Trinajstić information content (AvgIpc) is 2.40. The molecule has 0 aliphatic rings. The molecule has 18 heavy (non-hydrogen) atoms. The van der Waals surface area contributed by atoms with Crippen LogP contribution in [0, 0.1) is 0 Å². The highest BCUT2D eigenvalue weighted by Gasteiger charge is 2.12. The van der Waals surface area contributed by atoms with Crippen molar-refractivity contribution >= 4 is 11.6 Å². The van der Waals surface area contributed by atoms with Gasteiger partial charge >= 0.3 is 0 Å². The molecule has 0 spiro atoms. The van der Waals surface area contributed by atoms with Gasteiger partial charge in [0.05, 0.1) is 12.7 Å². The van der Waals surface area contributed by atoms with Gasteiger partial charge in [0.1, 0.15) is 11.5 Å². The minimum atomic E-state index is -0.405. The molecular weight excluding hydrogens is 232 g/mol. The Balaban J connectivity index is 2.23. The molecule has 2 rings (SSSR count). The summed E-state index contributed by atoms with van der Waals surface area (Å²) in [5.41, 5.74) is 0.767. The second kappa shape index (κ2) is 5.18. The van der Waals surface area contributed by atoms with Crippen molar-refractivity contribution in [1.29, 1.82) is 0 Å². The lowest BCUT2D eigenvalue weighted by molar-refractivity contribution is 0.102. The van der Waals surface area contributed by atoms with E-state index in [-0.39, 0.29) is 11.3 Å². The maximum Gasteiger partial charge on any atom is 0.259 e. The van der Waals surface area contributed by atoms with Gasteiger partial charge in [-0.05, 0) is 30.3 Å². The number of aromatic hydroxyl groups is 1. The van der Waals surface area contributed by atoms with E-state index in [0.717, 1.165) is 0 Å². The lowest BCUT2D eigenvalue weighted by Gasteiger charge is -2.08. The van der Waals surface area contributed by atoms with Crippen LogP contribution in [0.15, 0.2) is 42.7 Å². The van der Waals surface area contributed by atoms with Gasteiger partial charge in [-0.25, -0.2) is 0 Å². The Kier molecular flexibility index (Phi) is 3.43. The van der Waals surface area contributed by atoms with Gasteiger partial charge < -0.3 is 15.2 Å². The molecule has 0 radical (unpaired) electrons. The zero-order valence-electron chi connectivity index (χ0n) is 9.75. The summed E-state index contributed by atoms with van der Waals surface area (Å²) >= 11 is 0. The van der Waals surface area contributed by atoms with Gasteiger partial charge in [0, 0.05) is 18.1 Å². The summed E-state index contributed by atoms with van der Waals surface area (Å²) in [6, 6.07) is 7.80. The number of rotatable bonds is 3. The van der Waals surface area contributed by atoms with Gasteiger partial charge in [0.2, 0.25) is 0 Å². The SMILES string of the molecule is COc1ccc(O)c(C(=O)Nc2ccncc2)c1. The van der Waals surface area contributed by atoms with Crippen molar-refractivity contribution < 1.29 is 14.6 Å². The predicted molar refractivity (Wildman–Crippen MR) is 66.8 cm³/mol. The van der Waals surface area contributed by atoms with Crippen LogP contribution in [0.4, 0.5) is 5.69 Å². The molecule has 0 unspecified atom stereocenters. The number of nitrogens with one attached hydrogen (secondary N) is 1. The number of hydrogen-bond donors (Lipinski definition) is 2. The minimum absolute atomic E-state index is 0.0950. The van der Waals surface area contributed by atoms with Crippen molar-refractivity contribution in [3.63, 3.8) is 0 Å². The first kappa shape index (κ1) is 11.9. The van der Waals surface area contributed by atoms with Crippen LogP contribution in [0.2, 0.25) is 0 Å². The van der Waals surface area contributed by atoms with Gasteiger partial charge in [-0.15, -0.1) is 0 Å². The van der Waals surface area contributed by atoms with E-state index >= 15 is 0 Å². The zero-order chi connectivity index (χ0) is 13.0. The fourth-order valence-electron chi connectivity index (χ4n) is 1.46. The largest absolute Gasteiger partial charge is 0.507 e. The van der Waals surface area contributed by atoms with Gasteiger partial charge in [-0.2, -0.15) is 0 Å². The zero-order valence-corrected chi connectivity index (χ0v) is 9.75. The maximum atomic E-state index is 12.0. The number of phenolic OH excluding ortho intramolecular Hbond substituents is 1. The molecule has 2 N–H and O–H groups in total. The van der Waals surface area contributed by atoms with Crippen LogP contribution in [-0.2, 0) is 0 Å². The molecule has 0 atom stereocenters. The number of methoxy groups -OCH3 is 1.